The van der Waals surface area contributed by atoms with E-state index in [4.69, 9.17) is 15.6 Å². The maximum Gasteiger partial charge on any atom is 0.260 e. The highest BCUT2D eigenvalue weighted by Crippen LogP contribution is 2.34. The molecule has 0 atom stereocenters. The molecule has 0 spiro atoms. The number of carbonyl (C=O) groups is 2. The average Bonchev–Trinajstić information content (AvgIpc) is 3.28. The molecule has 0 fully saturated rings. The number of fused-ring (bicyclic) bond motifs is 1. The van der Waals surface area contributed by atoms with Gasteiger partial charge in [-0.05, 0) is 36.4 Å². The van der Waals surface area contributed by atoms with Crippen LogP contribution >= 0.6 is 0 Å². The van der Waals surface area contributed by atoms with Crippen molar-refractivity contribution in [1.29, 1.82) is 0 Å². The second-order valence-corrected chi connectivity index (χ2v) is 7.56. The first-order chi connectivity index (χ1) is 17.0. The molecule has 0 bridgehead atoms. The van der Waals surface area contributed by atoms with Crippen molar-refractivity contribution in [3.05, 3.63) is 73.1 Å². The Hall–Kier alpha value is -4.73. The van der Waals surface area contributed by atoms with E-state index >= 15 is 0 Å². The van der Waals surface area contributed by atoms with Crippen LogP contribution in [0, 0.1) is 0 Å². The van der Waals surface area contributed by atoms with Gasteiger partial charge in [-0.25, -0.2) is 14.6 Å². The molecule has 0 aliphatic rings. The molecule has 0 saturated heterocycles. The summed E-state index contributed by atoms with van der Waals surface area (Å²) >= 11 is 0. The number of carbonyl (C=O) groups excluding carboxylic acids is 2. The van der Waals surface area contributed by atoms with Crippen molar-refractivity contribution in [2.45, 2.75) is 6.54 Å². The molecule has 35 heavy (non-hydrogen) atoms. The summed E-state index contributed by atoms with van der Waals surface area (Å²) in [5, 5.41) is 8.41. The predicted molar refractivity (Wildman–Crippen MR) is 134 cm³/mol. The van der Waals surface area contributed by atoms with E-state index in [0.717, 1.165) is 22.2 Å². The normalized spacial score (nSPS) is 10.7. The Morgan fingerprint density at radius 3 is 2.66 bits per heavy atom. The number of hydrogen-bond acceptors (Lipinski definition) is 8. The second-order valence-electron chi connectivity index (χ2n) is 7.56. The summed E-state index contributed by atoms with van der Waals surface area (Å²) < 4.78 is 7.00. The van der Waals surface area contributed by atoms with Crippen LogP contribution in [0.15, 0.2) is 67.5 Å². The fourth-order valence-corrected chi connectivity index (χ4v) is 3.79. The monoisotopic (exact) mass is 471 g/mol. The van der Waals surface area contributed by atoms with Crippen LogP contribution in [0.1, 0.15) is 10.4 Å². The molecule has 0 unspecified atom stereocenters. The van der Waals surface area contributed by atoms with Gasteiger partial charge in [0.05, 0.1) is 24.7 Å². The van der Waals surface area contributed by atoms with Gasteiger partial charge in [-0.1, -0.05) is 24.8 Å². The number of rotatable bonds is 8. The van der Waals surface area contributed by atoms with Crippen molar-refractivity contribution in [1.82, 2.24) is 24.6 Å². The summed E-state index contributed by atoms with van der Waals surface area (Å²) in [6, 6.07) is 14.2. The van der Waals surface area contributed by atoms with E-state index in [-0.39, 0.29) is 18.9 Å². The molecule has 0 saturated carbocycles. The quantitative estimate of drug-likeness (QED) is 0.375. The topological polar surface area (TPSA) is 128 Å². The molecular weight excluding hydrogens is 446 g/mol. The van der Waals surface area contributed by atoms with Gasteiger partial charge >= 0.3 is 0 Å². The number of anilines is 2. The third-order valence-corrected chi connectivity index (χ3v) is 5.54. The van der Waals surface area contributed by atoms with E-state index in [1.54, 1.807) is 49.2 Å². The Kier molecular flexibility index (Phi) is 6.72. The standard InChI is InChI=1S/C25H25N7O3/c1-4-20(33)31(25(34)16-8-6-5-7-9-16)12-13-32-24-21(23(26)28-15-29-24)22(30-32)17-10-11-19(35-3)18(14-17)27-2/h4-11,14-15,27H,1,12-13H2,2-3H3,(H2,26,28,29). The van der Waals surface area contributed by atoms with Gasteiger partial charge in [0, 0.05) is 24.7 Å². The van der Waals surface area contributed by atoms with Crippen molar-refractivity contribution < 1.29 is 14.3 Å². The van der Waals surface area contributed by atoms with Crippen LogP contribution in [0.2, 0.25) is 0 Å². The molecule has 0 aliphatic carbocycles. The van der Waals surface area contributed by atoms with Gasteiger partial charge in [0.1, 0.15) is 23.6 Å². The molecule has 2 heterocycles. The maximum absolute atomic E-state index is 13.0. The molecule has 178 valence electrons. The number of benzene rings is 2. The van der Waals surface area contributed by atoms with Crippen LogP contribution in [0.3, 0.4) is 0 Å². The number of nitrogens with zero attached hydrogens (tertiary/aromatic N) is 5. The molecule has 2 aromatic heterocycles. The zero-order chi connectivity index (χ0) is 24.9. The lowest BCUT2D eigenvalue weighted by molar-refractivity contribution is -0.123. The lowest BCUT2D eigenvalue weighted by Gasteiger charge is -2.19. The summed E-state index contributed by atoms with van der Waals surface area (Å²) in [5.74, 6) is 0.0355. The smallest absolute Gasteiger partial charge is 0.260 e. The Balaban J connectivity index is 1.72. The van der Waals surface area contributed by atoms with Gasteiger partial charge in [-0.3, -0.25) is 14.5 Å². The molecule has 4 rings (SSSR count). The van der Waals surface area contributed by atoms with Crippen LogP contribution in [0.25, 0.3) is 22.3 Å². The first-order valence-corrected chi connectivity index (χ1v) is 10.8. The summed E-state index contributed by atoms with van der Waals surface area (Å²) in [7, 11) is 3.39. The first-order valence-electron chi connectivity index (χ1n) is 10.8. The lowest BCUT2D eigenvalue weighted by atomic mass is 10.1. The average molecular weight is 472 g/mol. The Morgan fingerprint density at radius 2 is 1.97 bits per heavy atom. The number of imide groups is 1. The number of amides is 2. The number of ether oxygens (including phenoxy) is 1. The molecule has 3 N–H and O–H groups in total. The van der Waals surface area contributed by atoms with Gasteiger partial charge < -0.3 is 15.8 Å². The van der Waals surface area contributed by atoms with E-state index in [1.165, 1.54) is 6.33 Å². The van der Waals surface area contributed by atoms with E-state index < -0.39 is 11.8 Å². The number of nitrogens with two attached hydrogens (primary N) is 1. The lowest BCUT2D eigenvalue weighted by Crippen LogP contribution is -2.38. The molecule has 0 aliphatic heterocycles. The largest absolute Gasteiger partial charge is 0.495 e. The molecule has 2 amide bonds. The molecule has 4 aromatic rings. The van der Waals surface area contributed by atoms with Gasteiger partial charge in [0.2, 0.25) is 0 Å². The number of nitrogen functional groups attached to an aromatic ring is 1. The Labute approximate surface area is 202 Å². The van der Waals surface area contributed by atoms with Crippen molar-refractivity contribution in [3.8, 4) is 17.0 Å². The third-order valence-electron chi connectivity index (χ3n) is 5.54. The molecule has 0 radical (unpaired) electrons. The van der Waals surface area contributed by atoms with Crippen molar-refractivity contribution in [3.63, 3.8) is 0 Å². The minimum atomic E-state index is -0.501. The Morgan fingerprint density at radius 1 is 1.20 bits per heavy atom. The van der Waals surface area contributed by atoms with Crippen LogP contribution < -0.4 is 15.8 Å². The zero-order valence-corrected chi connectivity index (χ0v) is 19.4. The summed E-state index contributed by atoms with van der Waals surface area (Å²) in [4.78, 5) is 35.2. The zero-order valence-electron chi connectivity index (χ0n) is 19.4. The minimum Gasteiger partial charge on any atom is -0.495 e. The fraction of sp³-hybridized carbons (Fsp3) is 0.160. The minimum absolute atomic E-state index is 0.0586. The van der Waals surface area contributed by atoms with Crippen LogP contribution in [-0.2, 0) is 11.3 Å². The number of nitrogens with one attached hydrogen (secondary N) is 1. The molecule has 10 heteroatoms. The summed E-state index contributed by atoms with van der Waals surface area (Å²) in [6.07, 6.45) is 2.47. The second kappa shape index (κ2) is 10.0. The van der Waals surface area contributed by atoms with E-state index in [0.29, 0.717) is 28.0 Å². The van der Waals surface area contributed by atoms with E-state index in [1.807, 2.05) is 18.2 Å². The highest BCUT2D eigenvalue weighted by atomic mass is 16.5. The number of hydrogen-bond donors (Lipinski definition) is 2. The maximum atomic E-state index is 13.0. The van der Waals surface area contributed by atoms with Crippen molar-refractivity contribution in [2.24, 2.45) is 0 Å². The summed E-state index contributed by atoms with van der Waals surface area (Å²) in [5.41, 5.74) is 9.23. The number of aromatic nitrogens is 4. The van der Waals surface area contributed by atoms with Crippen LogP contribution in [0.4, 0.5) is 11.5 Å². The molecule has 2 aromatic carbocycles. The van der Waals surface area contributed by atoms with Crippen LogP contribution in [0.5, 0.6) is 5.75 Å². The highest BCUT2D eigenvalue weighted by molar-refractivity contribution is 6.07. The van der Waals surface area contributed by atoms with Gasteiger partial charge in [-0.15, -0.1) is 0 Å². The first kappa shape index (κ1) is 23.4. The fourth-order valence-electron chi connectivity index (χ4n) is 3.79. The van der Waals surface area contributed by atoms with E-state index in [9.17, 15) is 9.59 Å². The molecular formula is C25H25N7O3. The van der Waals surface area contributed by atoms with Crippen LogP contribution in [-0.4, -0.2) is 57.2 Å². The number of methoxy groups -OCH3 is 1. The predicted octanol–water partition coefficient (Wildman–Crippen LogP) is 2.98. The summed E-state index contributed by atoms with van der Waals surface area (Å²) in [6.45, 7) is 3.78. The molecule has 10 nitrogen and oxygen atoms in total. The highest BCUT2D eigenvalue weighted by Gasteiger charge is 2.23. The van der Waals surface area contributed by atoms with Gasteiger partial charge in [-0.2, -0.15) is 5.10 Å². The Bertz CT molecular complexity index is 1400. The van der Waals surface area contributed by atoms with Gasteiger partial charge in [0.15, 0.2) is 5.65 Å². The van der Waals surface area contributed by atoms with Gasteiger partial charge in [0.25, 0.3) is 11.8 Å². The van der Waals surface area contributed by atoms with E-state index in [2.05, 4.69) is 21.9 Å². The van der Waals surface area contributed by atoms with Crippen molar-refractivity contribution in [2.75, 3.05) is 31.8 Å². The third kappa shape index (κ3) is 4.54. The van der Waals surface area contributed by atoms with Crippen molar-refractivity contribution >= 4 is 34.4 Å². The SMILES string of the molecule is C=CC(=O)N(CCn1nc(-c2ccc(OC)c(NC)c2)c2c(N)ncnc21)C(=O)c1ccccc1.